The van der Waals surface area contributed by atoms with Gasteiger partial charge in [-0.25, -0.2) is 4.39 Å². The largest absolute Gasteiger partial charge is 0.392 e. The zero-order valence-electron chi connectivity index (χ0n) is 12.7. The normalized spacial score (nSPS) is 16.3. The maximum atomic E-state index is 13.0. The number of aliphatic hydroxyl groups excluding tert-OH is 1. The van der Waals surface area contributed by atoms with E-state index in [2.05, 4.69) is 15.1 Å². The molecular formula is C17H20FN3O. The van der Waals surface area contributed by atoms with Gasteiger partial charge < -0.3 is 5.11 Å². The van der Waals surface area contributed by atoms with Crippen LogP contribution in [-0.4, -0.2) is 39.4 Å². The molecule has 2 heterocycles. The summed E-state index contributed by atoms with van der Waals surface area (Å²) >= 11 is 0. The van der Waals surface area contributed by atoms with E-state index < -0.39 is 0 Å². The Morgan fingerprint density at radius 3 is 2.77 bits per heavy atom. The number of benzene rings is 1. The van der Waals surface area contributed by atoms with E-state index in [1.807, 2.05) is 13.0 Å². The Hall–Kier alpha value is -1.85. The molecule has 1 aromatic carbocycles. The van der Waals surface area contributed by atoms with Gasteiger partial charge in [-0.15, -0.1) is 0 Å². The van der Waals surface area contributed by atoms with E-state index in [0.29, 0.717) is 6.54 Å². The molecule has 0 unspecified atom stereocenters. The summed E-state index contributed by atoms with van der Waals surface area (Å²) in [5.41, 5.74) is 3.79. The summed E-state index contributed by atoms with van der Waals surface area (Å²) in [5.74, 6) is -0.255. The van der Waals surface area contributed by atoms with Gasteiger partial charge in [0.15, 0.2) is 0 Å². The number of rotatable bonds is 4. The summed E-state index contributed by atoms with van der Waals surface area (Å²) in [6, 6.07) is 8.32. The van der Waals surface area contributed by atoms with E-state index in [1.54, 1.807) is 12.1 Å². The molecule has 0 aliphatic carbocycles. The highest BCUT2D eigenvalue weighted by Gasteiger charge is 2.20. The van der Waals surface area contributed by atoms with Gasteiger partial charge in [0.1, 0.15) is 5.82 Å². The molecule has 22 heavy (non-hydrogen) atoms. The second-order valence-corrected chi connectivity index (χ2v) is 5.76. The third-order valence-corrected chi connectivity index (χ3v) is 4.10. The quantitative estimate of drug-likeness (QED) is 0.942. The third kappa shape index (κ3) is 3.31. The van der Waals surface area contributed by atoms with Crippen molar-refractivity contribution >= 4 is 0 Å². The summed E-state index contributed by atoms with van der Waals surface area (Å²) in [5, 5.41) is 18.4. The Morgan fingerprint density at radius 1 is 1.27 bits per heavy atom. The van der Waals surface area contributed by atoms with Crippen LogP contribution in [0.5, 0.6) is 0 Å². The van der Waals surface area contributed by atoms with E-state index >= 15 is 0 Å². The summed E-state index contributed by atoms with van der Waals surface area (Å²) < 4.78 is 13.0. The number of halogens is 1. The number of nitrogens with zero attached hydrogens (tertiary/aromatic N) is 3. The van der Waals surface area contributed by atoms with Gasteiger partial charge in [-0.3, -0.25) is 4.90 Å². The first-order valence-corrected chi connectivity index (χ1v) is 7.67. The van der Waals surface area contributed by atoms with Crippen molar-refractivity contribution in [2.45, 2.75) is 32.4 Å². The number of fused-ring (bicyclic) bond motifs is 1. The Morgan fingerprint density at radius 2 is 2.05 bits per heavy atom. The Kier molecular flexibility index (Phi) is 4.45. The van der Waals surface area contributed by atoms with Crippen molar-refractivity contribution in [3.8, 4) is 11.3 Å². The summed E-state index contributed by atoms with van der Waals surface area (Å²) in [4.78, 5) is 2.24. The zero-order chi connectivity index (χ0) is 15.5. The van der Waals surface area contributed by atoms with Gasteiger partial charge in [0.05, 0.1) is 17.5 Å². The summed E-state index contributed by atoms with van der Waals surface area (Å²) in [6.45, 7) is 4.34. The fourth-order valence-electron chi connectivity index (χ4n) is 2.73. The van der Waals surface area contributed by atoms with E-state index in [1.165, 1.54) is 12.1 Å². The molecule has 1 aliphatic rings. The van der Waals surface area contributed by atoms with Crippen LogP contribution in [-0.2, 0) is 13.0 Å². The summed E-state index contributed by atoms with van der Waals surface area (Å²) in [7, 11) is 0. The Bertz CT molecular complexity index is 645. The minimum atomic E-state index is -0.284. The number of hydrogen-bond donors (Lipinski definition) is 1. The number of aliphatic hydroxyl groups is 1. The SMILES string of the molecule is CC[C@@H](O)CN1CCc2nnc(-c3ccc(F)cc3)cc2C1. The average molecular weight is 301 g/mol. The lowest BCUT2D eigenvalue weighted by Crippen LogP contribution is -2.36. The van der Waals surface area contributed by atoms with Crippen molar-refractivity contribution in [3.63, 3.8) is 0 Å². The van der Waals surface area contributed by atoms with Gasteiger partial charge in [-0.2, -0.15) is 10.2 Å². The molecule has 0 fully saturated rings. The van der Waals surface area contributed by atoms with Crippen LogP contribution in [0.4, 0.5) is 4.39 Å². The number of hydrogen-bond acceptors (Lipinski definition) is 4. The van der Waals surface area contributed by atoms with Gasteiger partial charge in [-0.1, -0.05) is 6.92 Å². The van der Waals surface area contributed by atoms with Gasteiger partial charge in [-0.05, 0) is 42.3 Å². The second kappa shape index (κ2) is 6.50. The third-order valence-electron chi connectivity index (χ3n) is 4.10. The molecule has 2 aromatic rings. The smallest absolute Gasteiger partial charge is 0.123 e. The van der Waals surface area contributed by atoms with Gasteiger partial charge >= 0.3 is 0 Å². The fraction of sp³-hybridized carbons (Fsp3) is 0.412. The molecule has 116 valence electrons. The van der Waals surface area contributed by atoms with E-state index in [-0.39, 0.29) is 11.9 Å². The molecule has 0 bridgehead atoms. The van der Waals surface area contributed by atoms with Gasteiger partial charge in [0.25, 0.3) is 0 Å². The first-order valence-electron chi connectivity index (χ1n) is 7.67. The molecule has 3 rings (SSSR count). The van der Waals surface area contributed by atoms with Gasteiger partial charge in [0, 0.05) is 31.6 Å². The lowest BCUT2D eigenvalue weighted by atomic mass is 10.0. The van der Waals surface area contributed by atoms with Crippen LogP contribution in [0, 0.1) is 5.82 Å². The summed E-state index contributed by atoms with van der Waals surface area (Å²) in [6.07, 6.45) is 1.33. The maximum absolute atomic E-state index is 13.0. The molecular weight excluding hydrogens is 281 g/mol. The monoisotopic (exact) mass is 301 g/mol. The molecule has 1 aliphatic heterocycles. The molecule has 0 saturated carbocycles. The molecule has 1 aromatic heterocycles. The molecule has 0 spiro atoms. The Labute approximate surface area is 129 Å². The maximum Gasteiger partial charge on any atom is 0.123 e. The van der Waals surface area contributed by atoms with Crippen molar-refractivity contribution in [2.75, 3.05) is 13.1 Å². The number of β-amino-alcohol motifs (C(OH)–C–C–N with tert-alkyl or cyclic N) is 1. The molecule has 5 heteroatoms. The van der Waals surface area contributed by atoms with E-state index in [9.17, 15) is 9.50 Å². The van der Waals surface area contributed by atoms with Crippen LogP contribution in [0.1, 0.15) is 24.6 Å². The van der Waals surface area contributed by atoms with Crippen molar-refractivity contribution in [3.05, 3.63) is 47.4 Å². The number of aromatic nitrogens is 2. The molecule has 4 nitrogen and oxygen atoms in total. The topological polar surface area (TPSA) is 49.2 Å². The van der Waals surface area contributed by atoms with Crippen LogP contribution in [0.25, 0.3) is 11.3 Å². The lowest BCUT2D eigenvalue weighted by Gasteiger charge is -2.29. The van der Waals surface area contributed by atoms with Crippen molar-refractivity contribution in [1.82, 2.24) is 15.1 Å². The molecule has 0 amide bonds. The van der Waals surface area contributed by atoms with Crippen molar-refractivity contribution in [2.24, 2.45) is 0 Å². The Balaban J connectivity index is 1.81. The van der Waals surface area contributed by atoms with Crippen LogP contribution in [0.2, 0.25) is 0 Å². The minimum absolute atomic E-state index is 0.255. The van der Waals surface area contributed by atoms with Crippen molar-refractivity contribution < 1.29 is 9.50 Å². The van der Waals surface area contributed by atoms with Gasteiger partial charge in [0.2, 0.25) is 0 Å². The predicted octanol–water partition coefficient (Wildman–Crippen LogP) is 2.41. The molecule has 0 saturated heterocycles. The van der Waals surface area contributed by atoms with Crippen LogP contribution < -0.4 is 0 Å². The lowest BCUT2D eigenvalue weighted by molar-refractivity contribution is 0.102. The highest BCUT2D eigenvalue weighted by atomic mass is 19.1. The van der Waals surface area contributed by atoms with Crippen LogP contribution >= 0.6 is 0 Å². The molecule has 0 radical (unpaired) electrons. The van der Waals surface area contributed by atoms with E-state index in [0.717, 1.165) is 48.4 Å². The first kappa shape index (κ1) is 15.1. The first-order chi connectivity index (χ1) is 10.7. The molecule has 1 N–H and O–H groups in total. The second-order valence-electron chi connectivity index (χ2n) is 5.76. The predicted molar refractivity (Wildman–Crippen MR) is 82.7 cm³/mol. The fourth-order valence-corrected chi connectivity index (χ4v) is 2.73. The van der Waals surface area contributed by atoms with Crippen molar-refractivity contribution in [1.29, 1.82) is 0 Å². The highest BCUT2D eigenvalue weighted by Crippen LogP contribution is 2.23. The average Bonchev–Trinajstić information content (AvgIpc) is 2.54. The molecule has 1 atom stereocenters. The van der Waals surface area contributed by atoms with Crippen LogP contribution in [0.3, 0.4) is 0 Å². The zero-order valence-corrected chi connectivity index (χ0v) is 12.7. The van der Waals surface area contributed by atoms with Crippen LogP contribution in [0.15, 0.2) is 30.3 Å². The van der Waals surface area contributed by atoms with E-state index in [4.69, 9.17) is 0 Å². The minimum Gasteiger partial charge on any atom is -0.392 e. The standard InChI is InChI=1S/C17H20FN3O/c1-2-15(22)11-21-8-7-16-13(10-21)9-17(20-19-16)12-3-5-14(18)6-4-12/h3-6,9,15,22H,2,7-8,10-11H2,1H3/t15-/m1/s1. The highest BCUT2D eigenvalue weighted by molar-refractivity contribution is 5.59.